The van der Waals surface area contributed by atoms with Gasteiger partial charge in [0.15, 0.2) is 0 Å². The molecular formula is C22H19FN2O2S2. The van der Waals surface area contributed by atoms with Gasteiger partial charge in [0.25, 0.3) is 0 Å². The van der Waals surface area contributed by atoms with Crippen LogP contribution in [0.2, 0.25) is 0 Å². The van der Waals surface area contributed by atoms with Crippen molar-refractivity contribution in [1.29, 1.82) is 0 Å². The third-order valence-electron chi connectivity index (χ3n) is 4.62. The molecule has 0 spiro atoms. The Morgan fingerprint density at radius 2 is 2.00 bits per heavy atom. The van der Waals surface area contributed by atoms with Gasteiger partial charge in [0, 0.05) is 10.6 Å². The summed E-state index contributed by atoms with van der Waals surface area (Å²) in [7, 11) is 0. The number of hydrogen-bond acceptors (Lipinski definition) is 4. The fourth-order valence-corrected chi connectivity index (χ4v) is 5.12. The molecule has 1 N–H and O–H groups in total. The Bertz CT molecular complexity index is 1040. The molecule has 1 atom stereocenters. The van der Waals surface area contributed by atoms with Crippen molar-refractivity contribution in [2.75, 3.05) is 16.0 Å². The lowest BCUT2D eigenvalue weighted by atomic mass is 10.1. The standard InChI is InChI=1S/C22H19FN2O2S2/c1-14-4-9-18(23)19(11-14)25-21(27)13-29-22(25)15-5-7-16(8-6-15)24-20(26)12-17-3-2-10-28-17/h2-11,22H,12-13H2,1H3,(H,24,26). The van der Waals surface area contributed by atoms with Crippen LogP contribution in [0.25, 0.3) is 0 Å². The Morgan fingerprint density at radius 3 is 2.72 bits per heavy atom. The second-order valence-electron chi connectivity index (χ2n) is 6.81. The molecule has 0 aliphatic carbocycles. The van der Waals surface area contributed by atoms with Crippen molar-refractivity contribution < 1.29 is 14.0 Å². The molecule has 4 rings (SSSR count). The van der Waals surface area contributed by atoms with Crippen molar-refractivity contribution in [1.82, 2.24) is 0 Å². The van der Waals surface area contributed by atoms with Crippen molar-refractivity contribution in [3.63, 3.8) is 0 Å². The molecule has 1 fully saturated rings. The van der Waals surface area contributed by atoms with E-state index in [9.17, 15) is 14.0 Å². The van der Waals surface area contributed by atoms with E-state index in [2.05, 4.69) is 5.32 Å². The predicted octanol–water partition coefficient (Wildman–Crippen LogP) is 5.16. The van der Waals surface area contributed by atoms with Crippen LogP contribution in [-0.2, 0) is 16.0 Å². The molecule has 1 unspecified atom stereocenters. The summed E-state index contributed by atoms with van der Waals surface area (Å²) in [6, 6.07) is 16.0. The maximum absolute atomic E-state index is 14.4. The molecule has 0 saturated carbocycles. The molecule has 4 nitrogen and oxygen atoms in total. The fraction of sp³-hybridized carbons (Fsp3) is 0.182. The van der Waals surface area contributed by atoms with E-state index in [0.717, 1.165) is 16.0 Å². The molecule has 1 saturated heterocycles. The van der Waals surface area contributed by atoms with Crippen LogP contribution in [0.5, 0.6) is 0 Å². The number of rotatable bonds is 5. The van der Waals surface area contributed by atoms with Crippen molar-refractivity contribution in [2.24, 2.45) is 0 Å². The zero-order chi connectivity index (χ0) is 20.4. The molecular weight excluding hydrogens is 407 g/mol. The molecule has 2 heterocycles. The highest BCUT2D eigenvalue weighted by atomic mass is 32.2. The van der Waals surface area contributed by atoms with Gasteiger partial charge in [-0.3, -0.25) is 14.5 Å². The van der Waals surface area contributed by atoms with Crippen molar-refractivity contribution in [3.05, 3.63) is 81.8 Å². The topological polar surface area (TPSA) is 49.4 Å². The van der Waals surface area contributed by atoms with Crippen molar-refractivity contribution >= 4 is 46.3 Å². The molecule has 3 aromatic rings. The van der Waals surface area contributed by atoms with E-state index < -0.39 is 5.82 Å². The summed E-state index contributed by atoms with van der Waals surface area (Å²) >= 11 is 3.02. The largest absolute Gasteiger partial charge is 0.326 e. The number of carbonyl (C=O) groups is 2. The monoisotopic (exact) mass is 426 g/mol. The highest BCUT2D eigenvalue weighted by molar-refractivity contribution is 8.00. The normalized spacial score (nSPS) is 16.3. The van der Waals surface area contributed by atoms with E-state index in [0.29, 0.717) is 23.5 Å². The van der Waals surface area contributed by atoms with Gasteiger partial charge < -0.3 is 5.32 Å². The molecule has 7 heteroatoms. The summed E-state index contributed by atoms with van der Waals surface area (Å²) < 4.78 is 14.4. The maximum atomic E-state index is 14.4. The van der Waals surface area contributed by atoms with Gasteiger partial charge in [-0.1, -0.05) is 24.3 Å². The van der Waals surface area contributed by atoms with Gasteiger partial charge in [-0.2, -0.15) is 0 Å². The Labute approximate surface area is 176 Å². The minimum Gasteiger partial charge on any atom is -0.326 e. The second-order valence-corrected chi connectivity index (χ2v) is 8.91. The number of thioether (sulfide) groups is 1. The van der Waals surface area contributed by atoms with E-state index in [1.165, 1.54) is 22.7 Å². The minimum atomic E-state index is -0.408. The number of nitrogens with zero attached hydrogens (tertiary/aromatic N) is 1. The zero-order valence-corrected chi connectivity index (χ0v) is 17.4. The highest BCUT2D eigenvalue weighted by Gasteiger charge is 2.35. The number of thiophene rings is 1. The Hall–Kier alpha value is -2.64. The lowest BCUT2D eigenvalue weighted by Crippen LogP contribution is -2.28. The summed E-state index contributed by atoms with van der Waals surface area (Å²) in [5.74, 6) is -0.294. The fourth-order valence-electron chi connectivity index (χ4n) is 3.25. The predicted molar refractivity (Wildman–Crippen MR) is 117 cm³/mol. The van der Waals surface area contributed by atoms with Crippen LogP contribution < -0.4 is 10.2 Å². The van der Waals surface area contributed by atoms with Gasteiger partial charge in [0.2, 0.25) is 11.8 Å². The SMILES string of the molecule is Cc1ccc(F)c(N2C(=O)CSC2c2ccc(NC(=O)Cc3cccs3)cc2)c1. The van der Waals surface area contributed by atoms with Crippen LogP contribution in [0.15, 0.2) is 60.0 Å². The number of hydrogen-bond donors (Lipinski definition) is 1. The lowest BCUT2D eigenvalue weighted by molar-refractivity contribution is -0.116. The highest BCUT2D eigenvalue weighted by Crippen LogP contribution is 2.43. The molecule has 2 aromatic carbocycles. The summed E-state index contributed by atoms with van der Waals surface area (Å²) in [5, 5.41) is 4.54. The van der Waals surface area contributed by atoms with Gasteiger partial charge in [0.05, 0.1) is 17.9 Å². The van der Waals surface area contributed by atoms with Crippen molar-refractivity contribution in [3.8, 4) is 0 Å². The first-order valence-electron chi connectivity index (χ1n) is 9.13. The van der Waals surface area contributed by atoms with E-state index in [1.807, 2.05) is 48.7 Å². The van der Waals surface area contributed by atoms with Crippen LogP contribution in [-0.4, -0.2) is 17.6 Å². The smallest absolute Gasteiger partial charge is 0.238 e. The summed E-state index contributed by atoms with van der Waals surface area (Å²) in [4.78, 5) is 27.2. The first kappa shape index (κ1) is 19.7. The molecule has 29 heavy (non-hydrogen) atoms. The Kier molecular flexibility index (Phi) is 5.69. The summed E-state index contributed by atoms with van der Waals surface area (Å²) in [6.45, 7) is 1.87. The van der Waals surface area contributed by atoms with Crippen LogP contribution in [0.3, 0.4) is 0 Å². The maximum Gasteiger partial charge on any atom is 0.238 e. The summed E-state index contributed by atoms with van der Waals surface area (Å²) in [5.41, 5.74) is 2.78. The third kappa shape index (κ3) is 4.36. The molecule has 1 aromatic heterocycles. The molecule has 2 amide bonds. The number of halogens is 1. The van der Waals surface area contributed by atoms with Gasteiger partial charge in [-0.15, -0.1) is 23.1 Å². The van der Waals surface area contributed by atoms with Crippen LogP contribution in [0.4, 0.5) is 15.8 Å². The van der Waals surface area contributed by atoms with Crippen molar-refractivity contribution in [2.45, 2.75) is 18.7 Å². The van der Waals surface area contributed by atoms with Crippen LogP contribution in [0, 0.1) is 12.7 Å². The number of benzene rings is 2. The van der Waals surface area contributed by atoms with E-state index in [4.69, 9.17) is 0 Å². The number of amides is 2. The number of anilines is 2. The van der Waals surface area contributed by atoms with Gasteiger partial charge in [0.1, 0.15) is 11.2 Å². The molecule has 148 valence electrons. The molecule has 1 aliphatic heterocycles. The van der Waals surface area contributed by atoms with Crippen LogP contribution >= 0.6 is 23.1 Å². The second kappa shape index (κ2) is 8.39. The summed E-state index contributed by atoms with van der Waals surface area (Å²) in [6.07, 6.45) is 0.340. The van der Waals surface area contributed by atoms with E-state index in [-0.39, 0.29) is 17.2 Å². The lowest BCUT2D eigenvalue weighted by Gasteiger charge is -2.25. The molecule has 0 bridgehead atoms. The Balaban J connectivity index is 1.51. The zero-order valence-electron chi connectivity index (χ0n) is 15.7. The average molecular weight is 427 g/mol. The van der Waals surface area contributed by atoms with Gasteiger partial charge >= 0.3 is 0 Å². The first-order chi connectivity index (χ1) is 14.0. The van der Waals surface area contributed by atoms with Gasteiger partial charge in [-0.05, 0) is 53.8 Å². The average Bonchev–Trinajstić information content (AvgIpc) is 3.34. The van der Waals surface area contributed by atoms with E-state index in [1.54, 1.807) is 23.5 Å². The first-order valence-corrected chi connectivity index (χ1v) is 11.1. The minimum absolute atomic E-state index is 0.0749. The third-order valence-corrected chi connectivity index (χ3v) is 6.71. The van der Waals surface area contributed by atoms with Gasteiger partial charge in [-0.25, -0.2) is 4.39 Å². The van der Waals surface area contributed by atoms with E-state index >= 15 is 0 Å². The molecule has 0 radical (unpaired) electrons. The number of carbonyl (C=O) groups excluding carboxylic acids is 2. The quantitative estimate of drug-likeness (QED) is 0.613. The number of aryl methyl sites for hydroxylation is 1. The Morgan fingerprint density at radius 1 is 1.21 bits per heavy atom. The van der Waals surface area contributed by atoms with Crippen LogP contribution in [0.1, 0.15) is 21.4 Å². The molecule has 1 aliphatic rings. The number of nitrogens with one attached hydrogen (secondary N) is 1.